The first-order valence-corrected chi connectivity index (χ1v) is 26.3. The molecule has 1 unspecified atom stereocenters. The quantitative estimate of drug-likeness (QED) is 0.0829. The van der Waals surface area contributed by atoms with Crippen LogP contribution in [0.5, 0.6) is 0 Å². The number of allylic oxidation sites excluding steroid dienone is 8. The van der Waals surface area contributed by atoms with Gasteiger partial charge in [0.15, 0.2) is 0 Å². The lowest BCUT2D eigenvalue weighted by atomic mass is 9.83. The van der Waals surface area contributed by atoms with Crippen molar-refractivity contribution in [2.75, 3.05) is 4.90 Å². The van der Waals surface area contributed by atoms with Gasteiger partial charge in [0, 0.05) is 56.4 Å². The van der Waals surface area contributed by atoms with Gasteiger partial charge in [0.25, 0.3) is 0 Å². The van der Waals surface area contributed by atoms with Crippen molar-refractivity contribution < 1.29 is 0 Å². The molecule has 10 aromatic carbocycles. The lowest BCUT2D eigenvalue weighted by molar-refractivity contribution is 0.926. The van der Waals surface area contributed by atoms with Crippen molar-refractivity contribution in [3.8, 4) is 22.5 Å². The first kappa shape index (κ1) is 46.1. The van der Waals surface area contributed by atoms with Gasteiger partial charge in [-0.1, -0.05) is 213 Å². The normalized spacial score (nSPS) is 13.3. The van der Waals surface area contributed by atoms with Crippen LogP contribution < -0.4 is 4.90 Å². The number of hydrogen-bond acceptors (Lipinski definition) is 1. The van der Waals surface area contributed by atoms with Crippen molar-refractivity contribution in [1.29, 1.82) is 0 Å². The predicted octanol–water partition coefficient (Wildman–Crippen LogP) is 19.1. The van der Waals surface area contributed by atoms with Crippen molar-refractivity contribution in [3.63, 3.8) is 0 Å². The van der Waals surface area contributed by atoms with E-state index in [9.17, 15) is 0 Å². The van der Waals surface area contributed by atoms with Gasteiger partial charge >= 0.3 is 0 Å². The van der Waals surface area contributed by atoms with E-state index in [2.05, 4.69) is 306 Å². The van der Waals surface area contributed by atoms with Crippen molar-refractivity contribution in [2.45, 2.75) is 18.8 Å². The molecule has 0 saturated carbocycles. The van der Waals surface area contributed by atoms with Crippen LogP contribution in [0.4, 0.5) is 5.69 Å². The molecule has 0 radical (unpaired) electrons. The highest BCUT2D eigenvalue weighted by molar-refractivity contribution is 6.11. The first-order valence-electron chi connectivity index (χ1n) is 26.3. The molecule has 1 atom stereocenters. The SMILES string of the molecule is C=CC(=CC=CN(C1=CC=C(c2ccc(C(c3ccc(-c4ccccc4)cc3)c3ccc4c(c3)c3ccccc3n4-c3ccccc3)cc2)CC1)c1ccc2c(c1)c1ccccc1n2-c1ccccc1)c1ccccc1. The zero-order valence-corrected chi connectivity index (χ0v) is 42.3. The second-order valence-electron chi connectivity index (χ2n) is 19.7. The number of para-hydroxylation sites is 4. The summed E-state index contributed by atoms with van der Waals surface area (Å²) in [4.78, 5) is 2.37. The van der Waals surface area contributed by atoms with Crippen molar-refractivity contribution in [2.24, 2.45) is 0 Å². The molecule has 76 heavy (non-hydrogen) atoms. The third kappa shape index (κ3) is 8.68. The second kappa shape index (κ2) is 20.3. The summed E-state index contributed by atoms with van der Waals surface area (Å²) < 4.78 is 4.77. The third-order valence-electron chi connectivity index (χ3n) is 15.2. The highest BCUT2D eigenvalue weighted by Gasteiger charge is 2.22. The average molecular weight is 974 g/mol. The maximum Gasteiger partial charge on any atom is 0.0542 e. The van der Waals surface area contributed by atoms with Crippen molar-refractivity contribution in [1.82, 2.24) is 9.13 Å². The van der Waals surface area contributed by atoms with Gasteiger partial charge in [-0.15, -0.1) is 0 Å². The van der Waals surface area contributed by atoms with Gasteiger partial charge in [-0.05, 0) is 142 Å². The summed E-state index contributed by atoms with van der Waals surface area (Å²) in [5.74, 6) is 0.0193. The Morgan fingerprint density at radius 2 is 0.908 bits per heavy atom. The lowest BCUT2D eigenvalue weighted by Crippen LogP contribution is -2.17. The van der Waals surface area contributed by atoms with E-state index in [-0.39, 0.29) is 5.92 Å². The Bertz CT molecular complexity index is 4190. The predicted molar refractivity (Wildman–Crippen MR) is 322 cm³/mol. The molecule has 13 rings (SSSR count). The van der Waals surface area contributed by atoms with E-state index in [4.69, 9.17) is 0 Å². The van der Waals surface area contributed by atoms with Gasteiger partial charge in [0.1, 0.15) is 0 Å². The molecular formula is C73H55N3. The third-order valence-corrected chi connectivity index (χ3v) is 15.2. The minimum atomic E-state index is 0.0193. The van der Waals surface area contributed by atoms with Crippen LogP contribution in [0, 0.1) is 0 Å². The van der Waals surface area contributed by atoms with Gasteiger partial charge in [0.05, 0.1) is 22.1 Å². The van der Waals surface area contributed by atoms with Crippen LogP contribution in [0.25, 0.3) is 77.3 Å². The van der Waals surface area contributed by atoms with Crippen LogP contribution in [0.1, 0.15) is 46.6 Å². The van der Waals surface area contributed by atoms with Gasteiger partial charge in [-0.25, -0.2) is 0 Å². The molecular weight excluding hydrogens is 919 g/mol. The Morgan fingerprint density at radius 1 is 0.421 bits per heavy atom. The Labute approximate surface area is 444 Å². The van der Waals surface area contributed by atoms with Gasteiger partial charge in [-0.2, -0.15) is 0 Å². The molecule has 0 N–H and O–H groups in total. The summed E-state index contributed by atoms with van der Waals surface area (Å²) in [6, 6.07) is 92.7. The molecule has 0 amide bonds. The van der Waals surface area contributed by atoms with Crippen LogP contribution in [0.15, 0.2) is 304 Å². The fourth-order valence-corrected chi connectivity index (χ4v) is 11.5. The van der Waals surface area contributed by atoms with E-state index in [0.717, 1.165) is 41.0 Å². The average Bonchev–Trinajstić information content (AvgIpc) is 4.01. The number of benzene rings is 10. The summed E-state index contributed by atoms with van der Waals surface area (Å²) in [5, 5.41) is 4.96. The van der Waals surface area contributed by atoms with E-state index >= 15 is 0 Å². The largest absolute Gasteiger partial charge is 0.321 e. The van der Waals surface area contributed by atoms with E-state index in [1.165, 1.54) is 88.3 Å². The fourth-order valence-electron chi connectivity index (χ4n) is 11.5. The molecule has 1 aliphatic carbocycles. The molecule has 2 aromatic heterocycles. The highest BCUT2D eigenvalue weighted by atomic mass is 15.1. The van der Waals surface area contributed by atoms with Gasteiger partial charge in [0.2, 0.25) is 0 Å². The first-order chi connectivity index (χ1) is 37.7. The molecule has 0 bridgehead atoms. The van der Waals surface area contributed by atoms with Crippen LogP contribution in [-0.4, -0.2) is 9.13 Å². The summed E-state index contributed by atoms with van der Waals surface area (Å²) in [6.45, 7) is 4.16. The maximum atomic E-state index is 4.16. The van der Waals surface area contributed by atoms with E-state index < -0.39 is 0 Å². The second-order valence-corrected chi connectivity index (χ2v) is 19.7. The molecule has 0 fully saturated rings. The van der Waals surface area contributed by atoms with E-state index in [0.29, 0.717) is 0 Å². The zero-order valence-electron chi connectivity index (χ0n) is 42.3. The molecule has 1 aliphatic rings. The highest BCUT2D eigenvalue weighted by Crippen LogP contribution is 2.41. The summed E-state index contributed by atoms with van der Waals surface area (Å²) in [5.41, 5.74) is 20.5. The minimum absolute atomic E-state index is 0.0193. The standard InChI is InChI=1S/C73H55N3/c1-2-52(53-20-7-3-8-21-53)24-19-49-74(64-46-48-72-68(51-64)66-30-16-18-32-70(66)76(72)63-27-13-6-14-28-63)61-44-41-57(42-45-61)56-35-39-59(40-36-56)73(58-37-33-55(34-38-58)54-22-9-4-10-23-54)60-43-47-71-67(50-60)65-29-15-17-31-69(65)75(71)62-25-11-5-12-26-62/h2-41,43-44,46-51,73H,1,42,45H2. The summed E-state index contributed by atoms with van der Waals surface area (Å²) in [6.07, 6.45) is 14.9. The van der Waals surface area contributed by atoms with Crippen molar-refractivity contribution in [3.05, 3.63) is 331 Å². The van der Waals surface area contributed by atoms with Crippen LogP contribution in [-0.2, 0) is 0 Å². The molecule has 0 saturated heterocycles. The Kier molecular flexibility index (Phi) is 12.3. The Morgan fingerprint density at radius 3 is 1.49 bits per heavy atom. The number of rotatable bonds is 13. The lowest BCUT2D eigenvalue weighted by Gasteiger charge is -2.27. The van der Waals surface area contributed by atoms with Crippen LogP contribution >= 0.6 is 0 Å². The van der Waals surface area contributed by atoms with Gasteiger partial charge < -0.3 is 14.0 Å². The monoisotopic (exact) mass is 973 g/mol. The summed E-state index contributed by atoms with van der Waals surface area (Å²) >= 11 is 0. The van der Waals surface area contributed by atoms with Crippen LogP contribution in [0.3, 0.4) is 0 Å². The molecule has 2 heterocycles. The maximum absolute atomic E-state index is 4.16. The minimum Gasteiger partial charge on any atom is -0.321 e. The molecule has 3 nitrogen and oxygen atoms in total. The molecule has 0 aliphatic heterocycles. The number of aromatic nitrogens is 2. The Hall–Kier alpha value is -9.70. The number of nitrogens with zero attached hydrogens (tertiary/aromatic N) is 3. The fraction of sp³-hybridized carbons (Fsp3) is 0.0411. The topological polar surface area (TPSA) is 13.1 Å². The Balaban J connectivity index is 0.869. The number of hydrogen-bond donors (Lipinski definition) is 0. The van der Waals surface area contributed by atoms with Crippen molar-refractivity contribution >= 4 is 60.4 Å². The van der Waals surface area contributed by atoms with E-state index in [1.54, 1.807) is 0 Å². The molecule has 362 valence electrons. The van der Waals surface area contributed by atoms with Gasteiger partial charge in [-0.3, -0.25) is 0 Å². The molecule has 12 aromatic rings. The molecule has 3 heteroatoms. The smallest absolute Gasteiger partial charge is 0.0542 e. The van der Waals surface area contributed by atoms with E-state index in [1.807, 2.05) is 6.08 Å². The number of fused-ring (bicyclic) bond motifs is 6. The zero-order chi connectivity index (χ0) is 50.8. The van der Waals surface area contributed by atoms with Crippen LogP contribution in [0.2, 0.25) is 0 Å². The summed E-state index contributed by atoms with van der Waals surface area (Å²) in [7, 11) is 0. The number of anilines is 1. The molecule has 0 spiro atoms.